The molecule has 1 fully saturated rings. The normalized spacial score (nSPS) is 17.4. The minimum Gasteiger partial charge on any atom is -0.497 e. The van der Waals surface area contributed by atoms with Gasteiger partial charge in [-0.1, -0.05) is 0 Å². The lowest BCUT2D eigenvalue weighted by molar-refractivity contribution is -0.118. The van der Waals surface area contributed by atoms with E-state index < -0.39 is 18.3 Å². The summed E-state index contributed by atoms with van der Waals surface area (Å²) in [5.41, 5.74) is 1.54. The number of nitrogens with zero attached hydrogens (tertiary/aromatic N) is 2. The van der Waals surface area contributed by atoms with Gasteiger partial charge in [-0.3, -0.25) is 14.5 Å². The first-order valence-electron chi connectivity index (χ1n) is 11.5. The van der Waals surface area contributed by atoms with Gasteiger partial charge in [-0.15, -0.1) is 12.4 Å². The zero-order valence-corrected chi connectivity index (χ0v) is 20.8. The molecule has 11 nitrogen and oxygen atoms in total. The van der Waals surface area contributed by atoms with Crippen molar-refractivity contribution in [1.82, 2.24) is 9.88 Å². The Morgan fingerprint density at radius 2 is 1.97 bits per heavy atom. The summed E-state index contributed by atoms with van der Waals surface area (Å²) >= 11 is 0. The number of hydrogen-bond acceptors (Lipinski definition) is 8. The fourth-order valence-corrected chi connectivity index (χ4v) is 4.35. The number of benzene rings is 2. The van der Waals surface area contributed by atoms with Crippen LogP contribution in [-0.4, -0.2) is 67.2 Å². The molecule has 2 aliphatic rings. The standard InChI is InChI=1S/C25H26N4O7.ClH/c1-34-18-5-2-15-3-7-24(32)29(21(15)9-18)12-17(30)10-26-11-19-13-28(25(33)36-19)16-4-6-22-20(8-16)27-23(31)14-35-22;/h2-9,17,19,26,30H,10-14H2,1H3,(H,27,31);1H. The lowest BCUT2D eigenvalue weighted by atomic mass is 10.2. The Morgan fingerprint density at radius 1 is 1.16 bits per heavy atom. The van der Waals surface area contributed by atoms with Gasteiger partial charge in [0.25, 0.3) is 11.5 Å². The van der Waals surface area contributed by atoms with E-state index in [0.717, 1.165) is 5.39 Å². The van der Waals surface area contributed by atoms with Gasteiger partial charge in [-0.25, -0.2) is 4.79 Å². The predicted octanol–water partition coefficient (Wildman–Crippen LogP) is 1.74. The molecule has 2 unspecified atom stereocenters. The maximum atomic E-state index is 12.5. The van der Waals surface area contributed by atoms with Crippen molar-refractivity contribution in [3.05, 3.63) is 58.9 Å². The van der Waals surface area contributed by atoms with Crippen LogP contribution in [0.25, 0.3) is 10.9 Å². The first-order chi connectivity index (χ1) is 17.4. The summed E-state index contributed by atoms with van der Waals surface area (Å²) in [6, 6.07) is 13.7. The molecule has 3 N–H and O–H groups in total. The molecule has 37 heavy (non-hydrogen) atoms. The molecular weight excluding hydrogens is 504 g/mol. The van der Waals surface area contributed by atoms with Gasteiger partial charge >= 0.3 is 6.09 Å². The smallest absolute Gasteiger partial charge is 0.414 e. The van der Waals surface area contributed by atoms with Gasteiger partial charge in [0.1, 0.15) is 17.6 Å². The van der Waals surface area contributed by atoms with Gasteiger partial charge < -0.3 is 34.5 Å². The molecule has 12 heteroatoms. The Labute approximate surface area is 218 Å². The number of halogens is 1. The van der Waals surface area contributed by atoms with Crippen LogP contribution in [0.4, 0.5) is 16.2 Å². The highest BCUT2D eigenvalue weighted by Gasteiger charge is 2.33. The average molecular weight is 531 g/mol. The number of fused-ring (bicyclic) bond motifs is 2. The van der Waals surface area contributed by atoms with Crippen molar-refractivity contribution >= 4 is 46.7 Å². The number of amides is 2. The fourth-order valence-electron chi connectivity index (χ4n) is 4.35. The monoisotopic (exact) mass is 530 g/mol. The number of aliphatic hydroxyl groups excluding tert-OH is 1. The first kappa shape index (κ1) is 26.3. The van der Waals surface area contributed by atoms with E-state index in [9.17, 15) is 19.5 Å². The van der Waals surface area contributed by atoms with Crippen LogP contribution >= 0.6 is 12.4 Å². The number of nitrogens with one attached hydrogen (secondary N) is 2. The number of aliphatic hydroxyl groups is 1. The first-order valence-corrected chi connectivity index (χ1v) is 11.5. The van der Waals surface area contributed by atoms with Crippen molar-refractivity contribution in [2.24, 2.45) is 0 Å². The number of aromatic nitrogens is 1. The molecule has 2 atom stereocenters. The van der Waals surface area contributed by atoms with Crippen molar-refractivity contribution < 1.29 is 28.9 Å². The van der Waals surface area contributed by atoms with Gasteiger partial charge in [-0.2, -0.15) is 0 Å². The molecule has 2 aromatic carbocycles. The van der Waals surface area contributed by atoms with Gasteiger partial charge in [0.2, 0.25) is 0 Å². The van der Waals surface area contributed by atoms with Crippen molar-refractivity contribution in [3.8, 4) is 11.5 Å². The summed E-state index contributed by atoms with van der Waals surface area (Å²) in [5, 5.41) is 17.3. The van der Waals surface area contributed by atoms with Crippen LogP contribution in [-0.2, 0) is 16.1 Å². The van der Waals surface area contributed by atoms with Crippen LogP contribution in [0.2, 0.25) is 0 Å². The van der Waals surface area contributed by atoms with Crippen LogP contribution in [0, 0.1) is 0 Å². The van der Waals surface area contributed by atoms with Crippen LogP contribution < -0.4 is 30.6 Å². The molecule has 0 saturated carbocycles. The van der Waals surface area contributed by atoms with Crippen LogP contribution in [0.1, 0.15) is 0 Å². The van der Waals surface area contributed by atoms with Gasteiger partial charge in [-0.05, 0) is 41.8 Å². The summed E-state index contributed by atoms with van der Waals surface area (Å²) in [5.74, 6) is 0.909. The zero-order chi connectivity index (χ0) is 25.2. The lowest BCUT2D eigenvalue weighted by Crippen LogP contribution is -2.38. The van der Waals surface area contributed by atoms with E-state index in [1.54, 1.807) is 37.4 Å². The van der Waals surface area contributed by atoms with E-state index in [1.807, 2.05) is 12.1 Å². The molecule has 1 saturated heterocycles. The highest BCUT2D eigenvalue weighted by molar-refractivity contribution is 5.97. The number of carbonyl (C=O) groups is 2. The van der Waals surface area contributed by atoms with E-state index in [0.29, 0.717) is 41.5 Å². The number of carbonyl (C=O) groups excluding carboxylic acids is 2. The maximum Gasteiger partial charge on any atom is 0.414 e. The number of rotatable bonds is 8. The number of pyridine rings is 1. The Kier molecular flexibility index (Phi) is 7.86. The molecule has 3 heterocycles. The van der Waals surface area contributed by atoms with Crippen molar-refractivity contribution in [1.29, 1.82) is 0 Å². The summed E-state index contributed by atoms with van der Waals surface area (Å²) in [7, 11) is 1.56. The summed E-state index contributed by atoms with van der Waals surface area (Å²) in [6.07, 6.45) is -1.78. The lowest BCUT2D eigenvalue weighted by Gasteiger charge is -2.20. The molecule has 5 rings (SSSR count). The van der Waals surface area contributed by atoms with E-state index >= 15 is 0 Å². The van der Waals surface area contributed by atoms with Gasteiger partial charge in [0.05, 0.1) is 37.5 Å². The highest BCUT2D eigenvalue weighted by Crippen LogP contribution is 2.33. The van der Waals surface area contributed by atoms with Crippen molar-refractivity contribution in [2.45, 2.75) is 18.8 Å². The van der Waals surface area contributed by atoms with E-state index in [4.69, 9.17) is 14.2 Å². The summed E-state index contributed by atoms with van der Waals surface area (Å²) in [6.45, 7) is 0.875. The number of anilines is 2. The molecule has 0 spiro atoms. The van der Waals surface area contributed by atoms with Crippen molar-refractivity contribution in [2.75, 3.05) is 43.6 Å². The number of methoxy groups -OCH3 is 1. The van der Waals surface area contributed by atoms with Crippen LogP contribution in [0.15, 0.2) is 53.3 Å². The average Bonchev–Trinajstić information content (AvgIpc) is 3.25. The van der Waals surface area contributed by atoms with Crippen LogP contribution in [0.5, 0.6) is 11.5 Å². The quantitative estimate of drug-likeness (QED) is 0.401. The predicted molar refractivity (Wildman–Crippen MR) is 139 cm³/mol. The third kappa shape index (κ3) is 5.63. The molecular formula is C25H27ClN4O7. The highest BCUT2D eigenvalue weighted by atomic mass is 35.5. The SMILES string of the molecule is COc1ccc2ccc(=O)n(CC(O)CNCC3CN(c4ccc5c(c4)NC(=O)CO5)C(=O)O3)c2c1.Cl. The fraction of sp³-hybridized carbons (Fsp3) is 0.320. The van der Waals surface area contributed by atoms with Crippen LogP contribution in [0.3, 0.4) is 0 Å². The zero-order valence-electron chi connectivity index (χ0n) is 20.0. The topological polar surface area (TPSA) is 131 Å². The summed E-state index contributed by atoms with van der Waals surface area (Å²) < 4.78 is 17.6. The Morgan fingerprint density at radius 3 is 2.78 bits per heavy atom. The second-order valence-electron chi connectivity index (χ2n) is 8.65. The number of ether oxygens (including phenoxy) is 3. The van der Waals surface area contributed by atoms with Gasteiger partial charge in [0, 0.05) is 30.9 Å². The molecule has 2 aliphatic heterocycles. The van der Waals surface area contributed by atoms with E-state index in [-0.39, 0.29) is 43.6 Å². The largest absolute Gasteiger partial charge is 0.497 e. The Hall–Kier alpha value is -3.80. The molecule has 0 radical (unpaired) electrons. The molecule has 3 aromatic rings. The third-order valence-electron chi connectivity index (χ3n) is 6.13. The van der Waals surface area contributed by atoms with Gasteiger partial charge in [0.15, 0.2) is 6.61 Å². The second-order valence-corrected chi connectivity index (χ2v) is 8.65. The third-order valence-corrected chi connectivity index (χ3v) is 6.13. The van der Waals surface area contributed by atoms with Crippen molar-refractivity contribution in [3.63, 3.8) is 0 Å². The summed E-state index contributed by atoms with van der Waals surface area (Å²) in [4.78, 5) is 38.0. The number of cyclic esters (lactones) is 1. The molecule has 1 aromatic heterocycles. The number of hydrogen-bond donors (Lipinski definition) is 3. The second kappa shape index (κ2) is 11.1. The molecule has 196 valence electrons. The minimum absolute atomic E-state index is 0. The molecule has 2 amide bonds. The Bertz CT molecular complexity index is 1380. The minimum atomic E-state index is -0.850. The molecule has 0 bridgehead atoms. The maximum absolute atomic E-state index is 12.5. The Balaban J connectivity index is 0.00000320. The van der Waals surface area contributed by atoms with E-state index in [1.165, 1.54) is 15.5 Å². The van der Waals surface area contributed by atoms with E-state index in [2.05, 4.69) is 10.6 Å². The molecule has 0 aliphatic carbocycles.